The number of hydrogen-bond acceptors (Lipinski definition) is 1. The van der Waals surface area contributed by atoms with E-state index in [1.165, 1.54) is 6.42 Å². The van der Waals surface area contributed by atoms with Gasteiger partial charge in [-0.2, -0.15) is 0 Å². The Morgan fingerprint density at radius 2 is 1.86 bits per heavy atom. The lowest BCUT2D eigenvalue weighted by Gasteiger charge is -2.35. The Balaban J connectivity index is 4.29. The molecule has 1 unspecified atom stereocenters. The van der Waals surface area contributed by atoms with Gasteiger partial charge in [0.2, 0.25) is 0 Å². The van der Waals surface area contributed by atoms with Crippen molar-refractivity contribution in [2.75, 3.05) is 5.88 Å². The standard InChI is InChI=1S/C12H25ClO/c1-6-7-11(14-10(2)3)12(4,5)8-9-13/h10-11H,6-9H2,1-5H3. The average molecular weight is 221 g/mol. The fourth-order valence-corrected chi connectivity index (χ4v) is 2.13. The number of halogens is 1. The van der Waals surface area contributed by atoms with Crippen molar-refractivity contribution in [3.05, 3.63) is 0 Å². The molecular formula is C12H25ClO. The van der Waals surface area contributed by atoms with Crippen LogP contribution in [0.5, 0.6) is 0 Å². The van der Waals surface area contributed by atoms with E-state index in [0.717, 1.165) is 12.8 Å². The van der Waals surface area contributed by atoms with E-state index in [9.17, 15) is 0 Å². The molecule has 0 amide bonds. The third kappa shape index (κ3) is 5.21. The Labute approximate surface area is 94.2 Å². The predicted octanol–water partition coefficient (Wildman–Crippen LogP) is 4.24. The maximum atomic E-state index is 5.95. The van der Waals surface area contributed by atoms with Crippen LogP contribution in [0.3, 0.4) is 0 Å². The molecular weight excluding hydrogens is 196 g/mol. The number of alkyl halides is 1. The molecule has 0 bridgehead atoms. The number of hydrogen-bond donors (Lipinski definition) is 0. The van der Waals surface area contributed by atoms with Crippen molar-refractivity contribution in [1.29, 1.82) is 0 Å². The van der Waals surface area contributed by atoms with E-state index in [1.807, 2.05) is 0 Å². The summed E-state index contributed by atoms with van der Waals surface area (Å²) in [4.78, 5) is 0. The molecule has 0 radical (unpaired) electrons. The largest absolute Gasteiger partial charge is 0.375 e. The molecule has 1 nitrogen and oxygen atoms in total. The second-order valence-electron chi connectivity index (χ2n) is 4.89. The van der Waals surface area contributed by atoms with Crippen molar-refractivity contribution in [2.24, 2.45) is 5.41 Å². The zero-order valence-corrected chi connectivity index (χ0v) is 11.0. The van der Waals surface area contributed by atoms with Crippen LogP contribution in [0.1, 0.15) is 53.9 Å². The van der Waals surface area contributed by atoms with E-state index in [0.29, 0.717) is 18.1 Å². The van der Waals surface area contributed by atoms with Gasteiger partial charge in [-0.25, -0.2) is 0 Å². The summed E-state index contributed by atoms with van der Waals surface area (Å²) in [5, 5.41) is 0. The zero-order chi connectivity index (χ0) is 11.2. The Hall–Kier alpha value is 0.250. The van der Waals surface area contributed by atoms with Gasteiger partial charge in [0.25, 0.3) is 0 Å². The highest BCUT2D eigenvalue weighted by Gasteiger charge is 2.29. The topological polar surface area (TPSA) is 9.23 Å². The minimum absolute atomic E-state index is 0.196. The molecule has 0 aliphatic rings. The van der Waals surface area contributed by atoms with Crippen LogP contribution in [0, 0.1) is 5.41 Å². The fourth-order valence-electron chi connectivity index (χ4n) is 1.64. The molecule has 0 aromatic rings. The van der Waals surface area contributed by atoms with Crippen molar-refractivity contribution in [3.63, 3.8) is 0 Å². The lowest BCUT2D eigenvalue weighted by Crippen LogP contribution is -2.34. The molecule has 0 spiro atoms. The van der Waals surface area contributed by atoms with E-state index in [2.05, 4.69) is 34.6 Å². The molecule has 0 aliphatic carbocycles. The molecule has 86 valence electrons. The van der Waals surface area contributed by atoms with Crippen LogP contribution in [0.4, 0.5) is 0 Å². The maximum Gasteiger partial charge on any atom is 0.0629 e. The van der Waals surface area contributed by atoms with Gasteiger partial charge in [-0.3, -0.25) is 0 Å². The van der Waals surface area contributed by atoms with Crippen molar-refractivity contribution < 1.29 is 4.74 Å². The van der Waals surface area contributed by atoms with Crippen LogP contribution in [-0.2, 0) is 4.74 Å². The first-order valence-corrected chi connectivity index (χ1v) is 6.19. The highest BCUT2D eigenvalue weighted by atomic mass is 35.5. The SMILES string of the molecule is CCCC(OC(C)C)C(C)(C)CCCl. The van der Waals surface area contributed by atoms with Crippen LogP contribution in [0.2, 0.25) is 0 Å². The highest BCUT2D eigenvalue weighted by molar-refractivity contribution is 6.17. The summed E-state index contributed by atoms with van der Waals surface area (Å²) in [6.45, 7) is 10.9. The molecule has 2 heteroatoms. The minimum Gasteiger partial charge on any atom is -0.375 e. The van der Waals surface area contributed by atoms with Gasteiger partial charge in [-0.1, -0.05) is 27.2 Å². The van der Waals surface area contributed by atoms with Gasteiger partial charge in [-0.15, -0.1) is 11.6 Å². The Kier molecular flexibility index (Phi) is 6.80. The average Bonchev–Trinajstić information content (AvgIpc) is 2.02. The van der Waals surface area contributed by atoms with Crippen molar-refractivity contribution in [3.8, 4) is 0 Å². The zero-order valence-electron chi connectivity index (χ0n) is 10.3. The first kappa shape index (κ1) is 14.2. The molecule has 0 aromatic carbocycles. The van der Waals surface area contributed by atoms with Crippen LogP contribution in [0.25, 0.3) is 0 Å². The summed E-state index contributed by atoms with van der Waals surface area (Å²) >= 11 is 5.81. The predicted molar refractivity (Wildman–Crippen MR) is 64.0 cm³/mol. The normalized spacial score (nSPS) is 14.8. The first-order chi connectivity index (χ1) is 6.44. The summed E-state index contributed by atoms with van der Waals surface area (Å²) in [5.74, 6) is 0.717. The lowest BCUT2D eigenvalue weighted by atomic mass is 9.81. The molecule has 0 saturated carbocycles. The Bertz CT molecular complexity index is 143. The van der Waals surface area contributed by atoms with Gasteiger partial charge in [0.05, 0.1) is 12.2 Å². The van der Waals surface area contributed by atoms with Gasteiger partial charge in [0.1, 0.15) is 0 Å². The van der Waals surface area contributed by atoms with Crippen molar-refractivity contribution in [2.45, 2.75) is 66.1 Å². The van der Waals surface area contributed by atoms with E-state index in [1.54, 1.807) is 0 Å². The van der Waals surface area contributed by atoms with E-state index < -0.39 is 0 Å². The summed E-state index contributed by atoms with van der Waals surface area (Å²) in [6, 6.07) is 0. The molecule has 0 rings (SSSR count). The van der Waals surface area contributed by atoms with E-state index in [-0.39, 0.29) is 5.41 Å². The van der Waals surface area contributed by atoms with Gasteiger partial charge in [0, 0.05) is 5.88 Å². The first-order valence-electron chi connectivity index (χ1n) is 5.65. The molecule has 0 heterocycles. The summed E-state index contributed by atoms with van der Waals surface area (Å²) in [6.07, 6.45) is 3.96. The Morgan fingerprint density at radius 1 is 1.29 bits per heavy atom. The van der Waals surface area contributed by atoms with Crippen LogP contribution in [-0.4, -0.2) is 18.1 Å². The second-order valence-corrected chi connectivity index (χ2v) is 5.27. The molecule has 0 aromatic heterocycles. The molecule has 1 atom stereocenters. The third-order valence-corrected chi connectivity index (χ3v) is 2.79. The number of ether oxygens (including phenoxy) is 1. The summed E-state index contributed by atoms with van der Waals surface area (Å²) in [7, 11) is 0. The molecule has 14 heavy (non-hydrogen) atoms. The Morgan fingerprint density at radius 3 is 2.21 bits per heavy atom. The van der Waals surface area contributed by atoms with Crippen molar-refractivity contribution in [1.82, 2.24) is 0 Å². The van der Waals surface area contributed by atoms with Crippen LogP contribution >= 0.6 is 11.6 Å². The monoisotopic (exact) mass is 220 g/mol. The molecule has 0 N–H and O–H groups in total. The highest BCUT2D eigenvalue weighted by Crippen LogP contribution is 2.31. The lowest BCUT2D eigenvalue weighted by molar-refractivity contribution is -0.0637. The fraction of sp³-hybridized carbons (Fsp3) is 1.00. The van der Waals surface area contributed by atoms with Crippen LogP contribution in [0.15, 0.2) is 0 Å². The molecule has 0 aliphatic heterocycles. The van der Waals surface area contributed by atoms with Crippen LogP contribution < -0.4 is 0 Å². The maximum absolute atomic E-state index is 5.95. The number of rotatable bonds is 7. The summed E-state index contributed by atoms with van der Waals surface area (Å²) < 4.78 is 5.95. The van der Waals surface area contributed by atoms with E-state index >= 15 is 0 Å². The van der Waals surface area contributed by atoms with Gasteiger partial charge < -0.3 is 4.74 Å². The third-order valence-electron chi connectivity index (χ3n) is 2.60. The quantitative estimate of drug-likeness (QED) is 0.584. The van der Waals surface area contributed by atoms with Gasteiger partial charge in [0.15, 0.2) is 0 Å². The van der Waals surface area contributed by atoms with E-state index in [4.69, 9.17) is 16.3 Å². The molecule has 0 saturated heterocycles. The minimum atomic E-state index is 0.196. The smallest absolute Gasteiger partial charge is 0.0629 e. The van der Waals surface area contributed by atoms with Gasteiger partial charge >= 0.3 is 0 Å². The second kappa shape index (κ2) is 6.68. The van der Waals surface area contributed by atoms with Crippen molar-refractivity contribution >= 4 is 11.6 Å². The molecule has 0 fully saturated rings. The van der Waals surface area contributed by atoms with Gasteiger partial charge in [-0.05, 0) is 32.1 Å². The summed E-state index contributed by atoms with van der Waals surface area (Å²) in [5.41, 5.74) is 0.196.